The minimum atomic E-state index is -0.224. The van der Waals surface area contributed by atoms with Crippen molar-refractivity contribution in [1.29, 1.82) is 0 Å². The van der Waals surface area contributed by atoms with E-state index in [1.54, 1.807) is 6.07 Å². The van der Waals surface area contributed by atoms with Gasteiger partial charge in [-0.1, -0.05) is 55.4 Å². The maximum atomic E-state index is 11.9. The Morgan fingerprint density at radius 3 is 2.72 bits per heavy atom. The molecule has 0 atom stereocenters. The molecular weight excluding hydrogens is 316 g/mol. The highest BCUT2D eigenvalue weighted by molar-refractivity contribution is 5.92. The third-order valence-corrected chi connectivity index (χ3v) is 3.79. The van der Waals surface area contributed by atoms with Gasteiger partial charge in [0.1, 0.15) is 6.61 Å². The minimum Gasteiger partial charge on any atom is -0.369 e. The fourth-order valence-corrected chi connectivity index (χ4v) is 2.47. The number of ether oxygens (including phenoxy) is 1. The smallest absolute Gasteiger partial charge is 0.273 e. The van der Waals surface area contributed by atoms with E-state index in [1.807, 2.05) is 32.0 Å². The third kappa shape index (κ3) is 4.67. The number of carbonyl (C=O) groups is 1. The molecule has 1 N–H and O–H groups in total. The number of nitrogens with one attached hydrogen (secondary N) is 1. The molecule has 3 aromatic rings. The lowest BCUT2D eigenvalue weighted by molar-refractivity contribution is 0.0878. The number of carbonyl (C=O) groups excluding carboxylic acids is 1. The predicted octanol–water partition coefficient (Wildman–Crippen LogP) is 3.93. The Morgan fingerprint density at radius 2 is 1.92 bits per heavy atom. The van der Waals surface area contributed by atoms with Crippen molar-refractivity contribution >= 4 is 16.7 Å². The van der Waals surface area contributed by atoms with Crippen LogP contribution in [0.3, 0.4) is 0 Å². The number of hydrogen-bond acceptors (Lipinski definition) is 4. The highest BCUT2D eigenvalue weighted by Crippen LogP contribution is 2.16. The second-order valence-corrected chi connectivity index (χ2v) is 6.46. The summed E-state index contributed by atoms with van der Waals surface area (Å²) in [6.45, 7) is 5.43. The largest absolute Gasteiger partial charge is 0.369 e. The van der Waals surface area contributed by atoms with Crippen molar-refractivity contribution in [2.24, 2.45) is 5.92 Å². The van der Waals surface area contributed by atoms with Gasteiger partial charge >= 0.3 is 0 Å². The standard InChI is InChI=1S/C20H22N2O3/c1-14(2)11-21-20(23)19-10-18(25-22-19)13-24-12-15-7-8-16-5-3-4-6-17(16)9-15/h3-10,14H,11-13H2,1-2H3,(H,21,23). The van der Waals surface area contributed by atoms with Crippen molar-refractivity contribution in [3.05, 3.63) is 65.5 Å². The third-order valence-electron chi connectivity index (χ3n) is 3.79. The number of fused-ring (bicyclic) bond motifs is 1. The monoisotopic (exact) mass is 338 g/mol. The minimum absolute atomic E-state index is 0.224. The van der Waals surface area contributed by atoms with E-state index in [2.05, 4.69) is 34.7 Å². The van der Waals surface area contributed by atoms with Crippen LogP contribution >= 0.6 is 0 Å². The summed E-state index contributed by atoms with van der Waals surface area (Å²) < 4.78 is 10.8. The van der Waals surface area contributed by atoms with Crippen molar-refractivity contribution in [2.75, 3.05) is 6.54 Å². The first kappa shape index (κ1) is 17.2. The van der Waals surface area contributed by atoms with Crippen molar-refractivity contribution in [3.63, 3.8) is 0 Å². The van der Waals surface area contributed by atoms with Gasteiger partial charge in [0.2, 0.25) is 0 Å². The van der Waals surface area contributed by atoms with Crippen molar-refractivity contribution in [2.45, 2.75) is 27.1 Å². The Hall–Kier alpha value is -2.66. The first-order chi connectivity index (χ1) is 12.1. The molecule has 0 saturated heterocycles. The van der Waals surface area contributed by atoms with Gasteiger partial charge in [-0.15, -0.1) is 0 Å². The maximum absolute atomic E-state index is 11.9. The lowest BCUT2D eigenvalue weighted by Crippen LogP contribution is -2.27. The van der Waals surface area contributed by atoms with Crippen LogP contribution in [0.15, 0.2) is 53.1 Å². The molecule has 0 aliphatic heterocycles. The molecule has 0 radical (unpaired) electrons. The van der Waals surface area contributed by atoms with E-state index < -0.39 is 0 Å². The summed E-state index contributed by atoms with van der Waals surface area (Å²) in [4.78, 5) is 11.9. The fraction of sp³-hybridized carbons (Fsp3) is 0.300. The topological polar surface area (TPSA) is 64.4 Å². The summed E-state index contributed by atoms with van der Waals surface area (Å²) in [5.74, 6) is 0.703. The van der Waals surface area contributed by atoms with Gasteiger partial charge in [0, 0.05) is 12.6 Å². The molecule has 5 heteroatoms. The number of rotatable bonds is 7. The van der Waals surface area contributed by atoms with Crippen LogP contribution in [0.25, 0.3) is 10.8 Å². The number of aromatic nitrogens is 1. The normalized spacial score (nSPS) is 11.2. The van der Waals surface area contributed by atoms with Gasteiger partial charge in [-0.25, -0.2) is 0 Å². The van der Waals surface area contributed by atoms with Gasteiger partial charge in [-0.2, -0.15) is 0 Å². The van der Waals surface area contributed by atoms with E-state index in [0.717, 1.165) is 5.56 Å². The van der Waals surface area contributed by atoms with E-state index in [4.69, 9.17) is 9.26 Å². The Morgan fingerprint density at radius 1 is 1.12 bits per heavy atom. The molecule has 2 aromatic carbocycles. The van der Waals surface area contributed by atoms with Gasteiger partial charge in [0.15, 0.2) is 11.5 Å². The van der Waals surface area contributed by atoms with Gasteiger partial charge in [-0.3, -0.25) is 4.79 Å². The Bertz CT molecular complexity index is 855. The molecule has 0 spiro atoms. The lowest BCUT2D eigenvalue weighted by atomic mass is 10.1. The summed E-state index contributed by atoms with van der Waals surface area (Å²) in [7, 11) is 0. The van der Waals surface area contributed by atoms with Crippen molar-refractivity contribution in [1.82, 2.24) is 10.5 Å². The molecule has 1 heterocycles. The molecule has 130 valence electrons. The molecule has 1 aromatic heterocycles. The van der Waals surface area contributed by atoms with Gasteiger partial charge in [0.05, 0.1) is 6.61 Å². The maximum Gasteiger partial charge on any atom is 0.273 e. The molecule has 0 aliphatic carbocycles. The zero-order chi connectivity index (χ0) is 17.6. The lowest BCUT2D eigenvalue weighted by Gasteiger charge is -2.04. The number of hydrogen-bond donors (Lipinski definition) is 1. The van der Waals surface area contributed by atoms with Gasteiger partial charge in [0.25, 0.3) is 5.91 Å². The van der Waals surface area contributed by atoms with E-state index in [9.17, 15) is 4.79 Å². The van der Waals surface area contributed by atoms with Crippen LogP contribution in [0.5, 0.6) is 0 Å². The molecule has 25 heavy (non-hydrogen) atoms. The average Bonchev–Trinajstić information content (AvgIpc) is 3.08. The first-order valence-corrected chi connectivity index (χ1v) is 8.41. The SMILES string of the molecule is CC(C)CNC(=O)c1cc(COCc2ccc3ccccc3c2)on1. The Kier molecular flexibility index (Phi) is 5.46. The van der Waals surface area contributed by atoms with Crippen LogP contribution in [0.2, 0.25) is 0 Å². The number of benzene rings is 2. The molecule has 3 rings (SSSR count). The predicted molar refractivity (Wildman–Crippen MR) is 96.1 cm³/mol. The van der Waals surface area contributed by atoms with Crippen molar-refractivity contribution in [3.8, 4) is 0 Å². The molecule has 0 bridgehead atoms. The van der Waals surface area contributed by atoms with E-state index in [0.29, 0.717) is 24.8 Å². The molecular formula is C20H22N2O3. The molecule has 0 aliphatic rings. The highest BCUT2D eigenvalue weighted by atomic mass is 16.5. The van der Waals surface area contributed by atoms with Crippen LogP contribution in [0.4, 0.5) is 0 Å². The summed E-state index contributed by atoms with van der Waals surface area (Å²) in [6, 6.07) is 16.1. The molecule has 5 nitrogen and oxygen atoms in total. The fourth-order valence-electron chi connectivity index (χ4n) is 2.47. The average molecular weight is 338 g/mol. The summed E-state index contributed by atoms with van der Waals surface area (Å²) >= 11 is 0. The van der Waals surface area contributed by atoms with E-state index in [-0.39, 0.29) is 18.2 Å². The first-order valence-electron chi connectivity index (χ1n) is 8.41. The summed E-state index contributed by atoms with van der Waals surface area (Å²) in [5.41, 5.74) is 1.37. The zero-order valence-corrected chi connectivity index (χ0v) is 14.5. The van der Waals surface area contributed by atoms with Crippen LogP contribution in [-0.4, -0.2) is 17.6 Å². The Balaban J connectivity index is 1.52. The van der Waals surface area contributed by atoms with Crippen LogP contribution < -0.4 is 5.32 Å². The number of nitrogens with zero attached hydrogens (tertiary/aromatic N) is 1. The van der Waals surface area contributed by atoms with E-state index >= 15 is 0 Å². The molecule has 0 unspecified atom stereocenters. The molecule has 0 fully saturated rings. The van der Waals surface area contributed by atoms with Crippen LogP contribution in [0, 0.1) is 5.92 Å². The van der Waals surface area contributed by atoms with Crippen LogP contribution in [0.1, 0.15) is 35.7 Å². The number of amides is 1. The van der Waals surface area contributed by atoms with Gasteiger partial charge < -0.3 is 14.6 Å². The highest BCUT2D eigenvalue weighted by Gasteiger charge is 2.12. The van der Waals surface area contributed by atoms with Crippen LogP contribution in [-0.2, 0) is 18.0 Å². The van der Waals surface area contributed by atoms with E-state index in [1.165, 1.54) is 10.8 Å². The molecule has 0 saturated carbocycles. The zero-order valence-electron chi connectivity index (χ0n) is 14.5. The second kappa shape index (κ2) is 7.94. The quantitative estimate of drug-likeness (QED) is 0.709. The summed E-state index contributed by atoms with van der Waals surface area (Å²) in [6.07, 6.45) is 0. The van der Waals surface area contributed by atoms with Gasteiger partial charge in [-0.05, 0) is 28.3 Å². The second-order valence-electron chi connectivity index (χ2n) is 6.46. The summed E-state index contributed by atoms with van der Waals surface area (Å²) in [5, 5.41) is 9.00. The Labute approximate surface area is 147 Å². The van der Waals surface area contributed by atoms with Crippen molar-refractivity contribution < 1.29 is 14.1 Å². The molecule has 1 amide bonds.